The number of hydrogen-bond donors (Lipinski definition) is 2. The van der Waals surface area contributed by atoms with Gasteiger partial charge >= 0.3 is 5.97 Å². The molecule has 5 nitrogen and oxygen atoms in total. The zero-order valence-corrected chi connectivity index (χ0v) is 11.3. The lowest BCUT2D eigenvalue weighted by atomic mass is 10.0. The standard InChI is InChI=1S/C14H19NO4/c1-9(2)11-6-4-5-7-12(11)19-8-13(16)15-10(3)14(17)18/h4-7,9-10H,8H2,1-3H3,(H,15,16)(H,17,18)/t10-/m1/s1. The second-order valence-electron chi connectivity index (χ2n) is 4.61. The minimum atomic E-state index is -1.07. The van der Waals surface area contributed by atoms with E-state index in [0.29, 0.717) is 5.75 Å². The fourth-order valence-electron chi connectivity index (χ4n) is 1.58. The summed E-state index contributed by atoms with van der Waals surface area (Å²) in [6.07, 6.45) is 0. The van der Waals surface area contributed by atoms with Crippen molar-refractivity contribution in [3.63, 3.8) is 0 Å². The number of rotatable bonds is 6. The summed E-state index contributed by atoms with van der Waals surface area (Å²) in [6.45, 7) is 5.28. The summed E-state index contributed by atoms with van der Waals surface area (Å²) >= 11 is 0. The summed E-state index contributed by atoms with van der Waals surface area (Å²) < 4.78 is 5.44. The van der Waals surface area contributed by atoms with Crippen LogP contribution in [-0.2, 0) is 9.59 Å². The van der Waals surface area contributed by atoms with E-state index in [1.165, 1.54) is 6.92 Å². The van der Waals surface area contributed by atoms with E-state index in [4.69, 9.17) is 9.84 Å². The highest BCUT2D eigenvalue weighted by atomic mass is 16.5. The molecule has 5 heteroatoms. The summed E-state index contributed by atoms with van der Waals surface area (Å²) in [7, 11) is 0. The maximum atomic E-state index is 11.5. The molecule has 19 heavy (non-hydrogen) atoms. The number of carboxylic acids is 1. The Morgan fingerprint density at radius 2 is 1.89 bits per heavy atom. The van der Waals surface area contributed by atoms with Gasteiger partial charge in [-0.2, -0.15) is 0 Å². The van der Waals surface area contributed by atoms with Gasteiger partial charge in [0.2, 0.25) is 0 Å². The molecule has 0 aliphatic rings. The van der Waals surface area contributed by atoms with E-state index in [0.717, 1.165) is 5.56 Å². The van der Waals surface area contributed by atoms with Crippen LogP contribution in [0.25, 0.3) is 0 Å². The Hall–Kier alpha value is -2.04. The Balaban J connectivity index is 2.58. The number of carbonyl (C=O) groups excluding carboxylic acids is 1. The van der Waals surface area contributed by atoms with Gasteiger partial charge in [0.25, 0.3) is 5.91 Å². The van der Waals surface area contributed by atoms with Gasteiger partial charge < -0.3 is 15.2 Å². The first-order valence-corrected chi connectivity index (χ1v) is 6.15. The lowest BCUT2D eigenvalue weighted by Gasteiger charge is -2.14. The molecular formula is C14H19NO4. The van der Waals surface area contributed by atoms with Crippen LogP contribution in [-0.4, -0.2) is 29.6 Å². The van der Waals surface area contributed by atoms with E-state index in [9.17, 15) is 9.59 Å². The molecule has 1 amide bonds. The monoisotopic (exact) mass is 265 g/mol. The third kappa shape index (κ3) is 4.62. The molecular weight excluding hydrogens is 246 g/mol. The summed E-state index contributed by atoms with van der Waals surface area (Å²) in [6, 6.07) is 6.56. The van der Waals surface area contributed by atoms with Crippen LogP contribution in [0.3, 0.4) is 0 Å². The van der Waals surface area contributed by atoms with Gasteiger partial charge in [-0.25, -0.2) is 0 Å². The van der Waals surface area contributed by atoms with E-state index in [1.807, 2.05) is 32.0 Å². The predicted octanol–water partition coefficient (Wildman–Crippen LogP) is 1.78. The topological polar surface area (TPSA) is 75.6 Å². The first-order chi connectivity index (χ1) is 8.91. The number of benzene rings is 1. The van der Waals surface area contributed by atoms with Gasteiger partial charge in [-0.3, -0.25) is 9.59 Å². The van der Waals surface area contributed by atoms with Crippen molar-refractivity contribution in [2.24, 2.45) is 0 Å². The average Bonchev–Trinajstić information content (AvgIpc) is 2.36. The lowest BCUT2D eigenvalue weighted by molar-refractivity contribution is -0.141. The smallest absolute Gasteiger partial charge is 0.325 e. The number of aliphatic carboxylic acids is 1. The summed E-state index contributed by atoms with van der Waals surface area (Å²) in [4.78, 5) is 22.1. The van der Waals surface area contributed by atoms with Crippen LogP contribution in [0.1, 0.15) is 32.3 Å². The normalized spacial score (nSPS) is 12.0. The van der Waals surface area contributed by atoms with Crippen LogP contribution in [0.4, 0.5) is 0 Å². The summed E-state index contributed by atoms with van der Waals surface area (Å²) in [5, 5.41) is 11.0. The van der Waals surface area contributed by atoms with Gasteiger partial charge in [0.05, 0.1) is 0 Å². The number of carboxylic acid groups (broad SMARTS) is 1. The second-order valence-corrected chi connectivity index (χ2v) is 4.61. The minimum Gasteiger partial charge on any atom is -0.483 e. The van der Waals surface area contributed by atoms with Crippen LogP contribution in [0.5, 0.6) is 5.75 Å². The number of carbonyl (C=O) groups is 2. The third-order valence-corrected chi connectivity index (χ3v) is 2.65. The molecule has 104 valence electrons. The molecule has 1 aromatic carbocycles. The van der Waals surface area contributed by atoms with E-state index in [-0.39, 0.29) is 12.5 Å². The number of ether oxygens (including phenoxy) is 1. The molecule has 1 atom stereocenters. The fraction of sp³-hybridized carbons (Fsp3) is 0.429. The van der Waals surface area contributed by atoms with E-state index < -0.39 is 17.9 Å². The first-order valence-electron chi connectivity index (χ1n) is 6.15. The predicted molar refractivity (Wildman–Crippen MR) is 71.3 cm³/mol. The molecule has 0 heterocycles. The molecule has 1 aromatic rings. The zero-order chi connectivity index (χ0) is 14.4. The average molecular weight is 265 g/mol. The summed E-state index contributed by atoms with van der Waals surface area (Å²) in [5.74, 6) is -0.586. The molecule has 0 aliphatic carbocycles. The summed E-state index contributed by atoms with van der Waals surface area (Å²) in [5.41, 5.74) is 1.02. The first kappa shape index (κ1) is 15.0. The van der Waals surface area contributed by atoms with Crippen LogP contribution >= 0.6 is 0 Å². The molecule has 0 aliphatic heterocycles. The molecule has 0 aromatic heterocycles. The van der Waals surface area contributed by atoms with Crippen LogP contribution in [0.15, 0.2) is 24.3 Å². The van der Waals surface area contributed by atoms with Gasteiger partial charge in [-0.15, -0.1) is 0 Å². The largest absolute Gasteiger partial charge is 0.483 e. The maximum Gasteiger partial charge on any atom is 0.325 e. The molecule has 2 N–H and O–H groups in total. The highest BCUT2D eigenvalue weighted by Crippen LogP contribution is 2.25. The zero-order valence-electron chi connectivity index (χ0n) is 11.3. The lowest BCUT2D eigenvalue weighted by Crippen LogP contribution is -2.40. The molecule has 1 rings (SSSR count). The Morgan fingerprint density at radius 3 is 2.47 bits per heavy atom. The Labute approximate surface area is 112 Å². The van der Waals surface area contributed by atoms with Crippen LogP contribution in [0.2, 0.25) is 0 Å². The Bertz CT molecular complexity index is 457. The molecule has 0 radical (unpaired) electrons. The van der Waals surface area contributed by atoms with Crippen molar-refractivity contribution in [2.45, 2.75) is 32.7 Å². The second kappa shape index (κ2) is 6.78. The van der Waals surface area contributed by atoms with Crippen molar-refractivity contribution in [3.8, 4) is 5.75 Å². The van der Waals surface area contributed by atoms with Crippen molar-refractivity contribution < 1.29 is 19.4 Å². The third-order valence-electron chi connectivity index (χ3n) is 2.65. The number of para-hydroxylation sites is 1. The molecule has 0 bridgehead atoms. The van der Waals surface area contributed by atoms with E-state index in [2.05, 4.69) is 5.32 Å². The van der Waals surface area contributed by atoms with Gasteiger partial charge in [-0.05, 0) is 24.5 Å². The van der Waals surface area contributed by atoms with E-state index in [1.54, 1.807) is 6.07 Å². The Kier molecular flexibility index (Phi) is 5.36. The van der Waals surface area contributed by atoms with Crippen molar-refractivity contribution in [2.75, 3.05) is 6.61 Å². The van der Waals surface area contributed by atoms with Gasteiger partial charge in [-0.1, -0.05) is 32.0 Å². The molecule has 0 saturated heterocycles. The fourth-order valence-corrected chi connectivity index (χ4v) is 1.58. The van der Waals surface area contributed by atoms with Gasteiger partial charge in [0.1, 0.15) is 11.8 Å². The highest BCUT2D eigenvalue weighted by Gasteiger charge is 2.15. The molecule has 0 spiro atoms. The Morgan fingerprint density at radius 1 is 1.26 bits per heavy atom. The van der Waals surface area contributed by atoms with E-state index >= 15 is 0 Å². The quantitative estimate of drug-likeness (QED) is 0.822. The number of nitrogens with one attached hydrogen (secondary N) is 1. The number of hydrogen-bond acceptors (Lipinski definition) is 3. The molecule has 0 unspecified atom stereocenters. The van der Waals surface area contributed by atoms with Crippen molar-refractivity contribution in [3.05, 3.63) is 29.8 Å². The van der Waals surface area contributed by atoms with Crippen LogP contribution < -0.4 is 10.1 Å². The number of amides is 1. The van der Waals surface area contributed by atoms with Crippen LogP contribution in [0, 0.1) is 0 Å². The van der Waals surface area contributed by atoms with Crippen molar-refractivity contribution in [1.29, 1.82) is 0 Å². The minimum absolute atomic E-state index is 0.193. The molecule has 0 saturated carbocycles. The van der Waals surface area contributed by atoms with Gasteiger partial charge in [0, 0.05) is 0 Å². The maximum absolute atomic E-state index is 11.5. The SMILES string of the molecule is CC(C)c1ccccc1OCC(=O)N[C@H](C)C(=O)O. The van der Waals surface area contributed by atoms with Crippen molar-refractivity contribution in [1.82, 2.24) is 5.32 Å². The van der Waals surface area contributed by atoms with Crippen molar-refractivity contribution >= 4 is 11.9 Å². The molecule has 0 fully saturated rings. The highest BCUT2D eigenvalue weighted by molar-refractivity contribution is 5.84. The van der Waals surface area contributed by atoms with Gasteiger partial charge in [0.15, 0.2) is 6.61 Å².